The molecule has 7 heteroatoms. The van der Waals surface area contributed by atoms with E-state index in [-0.39, 0.29) is 6.10 Å². The molecule has 2 heterocycles. The fourth-order valence-electron chi connectivity index (χ4n) is 3.55. The maximum absolute atomic E-state index is 5.91. The number of para-hydroxylation sites is 1. The van der Waals surface area contributed by atoms with E-state index in [1.54, 1.807) is 7.05 Å². The van der Waals surface area contributed by atoms with E-state index in [4.69, 9.17) is 4.74 Å². The van der Waals surface area contributed by atoms with Crippen molar-refractivity contribution in [3.05, 3.63) is 48.3 Å². The summed E-state index contributed by atoms with van der Waals surface area (Å²) in [5.41, 5.74) is 2.26. The third kappa shape index (κ3) is 6.87. The van der Waals surface area contributed by atoms with Gasteiger partial charge in [0.25, 0.3) is 0 Å². The van der Waals surface area contributed by atoms with E-state index in [1.807, 2.05) is 29.1 Å². The molecule has 0 radical (unpaired) electrons. The van der Waals surface area contributed by atoms with Crippen LogP contribution < -0.4 is 10.6 Å². The third-order valence-corrected chi connectivity index (χ3v) is 4.93. The Hall–Kier alpha value is -2.38. The van der Waals surface area contributed by atoms with Crippen LogP contribution >= 0.6 is 0 Å². The number of hydrogen-bond donors (Lipinski definition) is 2. The first-order valence-electron chi connectivity index (χ1n) is 10.5. The van der Waals surface area contributed by atoms with Gasteiger partial charge in [-0.1, -0.05) is 32.0 Å². The zero-order valence-electron chi connectivity index (χ0n) is 17.8. The molecule has 1 saturated heterocycles. The zero-order valence-corrected chi connectivity index (χ0v) is 17.8. The van der Waals surface area contributed by atoms with Gasteiger partial charge in [0.1, 0.15) is 0 Å². The van der Waals surface area contributed by atoms with Crippen molar-refractivity contribution in [3.63, 3.8) is 0 Å². The van der Waals surface area contributed by atoms with E-state index in [0.29, 0.717) is 5.92 Å². The summed E-state index contributed by atoms with van der Waals surface area (Å²) < 4.78 is 7.81. The van der Waals surface area contributed by atoms with Gasteiger partial charge in [-0.05, 0) is 30.0 Å². The lowest BCUT2D eigenvalue weighted by molar-refractivity contribution is -0.0284. The summed E-state index contributed by atoms with van der Waals surface area (Å²) in [6.45, 7) is 10.0. The Morgan fingerprint density at radius 2 is 2.10 bits per heavy atom. The molecular formula is C22H34N6O. The molecule has 29 heavy (non-hydrogen) atoms. The Labute approximate surface area is 174 Å². The van der Waals surface area contributed by atoms with E-state index < -0.39 is 0 Å². The number of aliphatic imine (C=N–C) groups is 1. The van der Waals surface area contributed by atoms with Crippen molar-refractivity contribution in [1.29, 1.82) is 0 Å². The smallest absolute Gasteiger partial charge is 0.191 e. The number of ether oxygens (including phenoxy) is 1. The van der Waals surface area contributed by atoms with Crippen LogP contribution in [0.25, 0.3) is 5.69 Å². The lowest BCUT2D eigenvalue weighted by Crippen LogP contribution is -2.50. The molecule has 1 atom stereocenters. The molecule has 0 saturated carbocycles. The van der Waals surface area contributed by atoms with Gasteiger partial charge in [0, 0.05) is 46.0 Å². The van der Waals surface area contributed by atoms with Gasteiger partial charge in [-0.3, -0.25) is 9.89 Å². The van der Waals surface area contributed by atoms with Crippen molar-refractivity contribution in [1.82, 2.24) is 25.3 Å². The Morgan fingerprint density at radius 3 is 2.86 bits per heavy atom. The highest BCUT2D eigenvalue weighted by molar-refractivity contribution is 5.79. The number of rotatable bonds is 8. The molecule has 7 nitrogen and oxygen atoms in total. The first-order chi connectivity index (χ1) is 14.1. The molecule has 1 unspecified atom stereocenters. The minimum absolute atomic E-state index is 0.199. The first kappa shape index (κ1) is 21.3. The van der Waals surface area contributed by atoms with E-state index in [0.717, 1.165) is 57.4 Å². The van der Waals surface area contributed by atoms with Crippen molar-refractivity contribution >= 4 is 5.96 Å². The van der Waals surface area contributed by atoms with Crippen LogP contribution in [0.4, 0.5) is 0 Å². The second-order valence-electron chi connectivity index (χ2n) is 7.90. The van der Waals surface area contributed by atoms with Gasteiger partial charge < -0.3 is 15.4 Å². The molecule has 1 aromatic carbocycles. The number of hydrogen-bond acceptors (Lipinski definition) is 4. The van der Waals surface area contributed by atoms with Crippen LogP contribution in [-0.2, 0) is 11.2 Å². The van der Waals surface area contributed by atoms with Crippen LogP contribution in [0, 0.1) is 5.92 Å². The lowest BCUT2D eigenvalue weighted by atomic mass is 10.2. The molecule has 0 aliphatic carbocycles. The summed E-state index contributed by atoms with van der Waals surface area (Å²) >= 11 is 0. The Bertz CT molecular complexity index is 758. The van der Waals surface area contributed by atoms with Crippen molar-refractivity contribution in [2.75, 3.05) is 46.4 Å². The number of guanidine groups is 1. The summed E-state index contributed by atoms with van der Waals surface area (Å²) in [6.07, 6.45) is 5.08. The van der Waals surface area contributed by atoms with Gasteiger partial charge in [-0.25, -0.2) is 4.68 Å². The van der Waals surface area contributed by atoms with Gasteiger partial charge in [-0.15, -0.1) is 0 Å². The summed E-state index contributed by atoms with van der Waals surface area (Å²) in [7, 11) is 1.80. The number of nitrogens with zero attached hydrogens (tertiary/aromatic N) is 4. The third-order valence-electron chi connectivity index (χ3n) is 4.93. The minimum atomic E-state index is 0.199. The van der Waals surface area contributed by atoms with Crippen molar-refractivity contribution in [3.8, 4) is 5.69 Å². The normalized spacial score (nSPS) is 18.2. The van der Waals surface area contributed by atoms with E-state index in [1.165, 1.54) is 5.56 Å². The fourth-order valence-corrected chi connectivity index (χ4v) is 3.55. The maximum atomic E-state index is 5.91. The van der Waals surface area contributed by atoms with Gasteiger partial charge in [0.2, 0.25) is 0 Å². The van der Waals surface area contributed by atoms with Crippen LogP contribution in [0.1, 0.15) is 19.4 Å². The monoisotopic (exact) mass is 398 g/mol. The summed E-state index contributed by atoms with van der Waals surface area (Å²) in [5.74, 6) is 1.49. The predicted octanol–water partition coefficient (Wildman–Crippen LogP) is 1.94. The fraction of sp³-hybridized carbons (Fsp3) is 0.545. The number of morpholine rings is 1. The van der Waals surface area contributed by atoms with Gasteiger partial charge >= 0.3 is 0 Å². The summed E-state index contributed by atoms with van der Waals surface area (Å²) in [5, 5.41) is 11.2. The summed E-state index contributed by atoms with van der Waals surface area (Å²) in [4.78, 5) is 6.82. The molecule has 1 fully saturated rings. The number of nitrogens with one attached hydrogen (secondary N) is 2. The molecule has 1 aromatic heterocycles. The summed E-state index contributed by atoms with van der Waals surface area (Å²) in [6, 6.07) is 10.2. The Kier molecular flexibility index (Phi) is 8.07. The molecule has 3 rings (SSSR count). The lowest BCUT2D eigenvalue weighted by Gasteiger charge is -2.34. The standard InChI is InChI=1S/C22H34N6O/c1-18(2)15-27-11-12-29-21(17-27)14-25-22(23-3)24-10-9-19-13-26-28(16-19)20-7-5-4-6-8-20/h4-8,13,16,18,21H,9-12,14-15,17H2,1-3H3,(H2,23,24,25). The van der Waals surface area contributed by atoms with Crippen LogP contribution in [0.5, 0.6) is 0 Å². The molecule has 0 spiro atoms. The number of benzene rings is 1. The maximum Gasteiger partial charge on any atom is 0.191 e. The quantitative estimate of drug-likeness (QED) is 0.525. The van der Waals surface area contributed by atoms with Crippen molar-refractivity contribution < 1.29 is 4.74 Å². The number of aromatic nitrogens is 2. The Balaban J connectivity index is 1.39. The highest BCUT2D eigenvalue weighted by atomic mass is 16.5. The second kappa shape index (κ2) is 11.0. The molecular weight excluding hydrogens is 364 g/mol. The second-order valence-corrected chi connectivity index (χ2v) is 7.90. The molecule has 1 aliphatic heterocycles. The SMILES string of the molecule is CN=C(NCCc1cnn(-c2ccccc2)c1)NCC1CN(CC(C)C)CCO1. The minimum Gasteiger partial charge on any atom is -0.374 e. The first-order valence-corrected chi connectivity index (χ1v) is 10.5. The van der Waals surface area contributed by atoms with Crippen LogP contribution in [0.3, 0.4) is 0 Å². The molecule has 2 N–H and O–H groups in total. The van der Waals surface area contributed by atoms with Gasteiger partial charge in [0.15, 0.2) is 5.96 Å². The largest absolute Gasteiger partial charge is 0.374 e. The molecule has 1 aliphatic rings. The Morgan fingerprint density at radius 1 is 1.28 bits per heavy atom. The van der Waals surface area contributed by atoms with Crippen LogP contribution in [0.15, 0.2) is 47.7 Å². The molecule has 2 aromatic rings. The van der Waals surface area contributed by atoms with Crippen LogP contribution in [0.2, 0.25) is 0 Å². The van der Waals surface area contributed by atoms with Crippen molar-refractivity contribution in [2.24, 2.45) is 10.9 Å². The van der Waals surface area contributed by atoms with Gasteiger partial charge in [0.05, 0.1) is 24.6 Å². The molecule has 158 valence electrons. The average Bonchev–Trinajstić information content (AvgIpc) is 3.20. The molecule has 0 amide bonds. The topological polar surface area (TPSA) is 66.7 Å². The van der Waals surface area contributed by atoms with E-state index >= 15 is 0 Å². The van der Waals surface area contributed by atoms with E-state index in [2.05, 4.69) is 57.8 Å². The van der Waals surface area contributed by atoms with Gasteiger partial charge in [-0.2, -0.15) is 5.10 Å². The average molecular weight is 399 g/mol. The highest BCUT2D eigenvalue weighted by Gasteiger charge is 2.21. The highest BCUT2D eigenvalue weighted by Crippen LogP contribution is 2.08. The predicted molar refractivity (Wildman–Crippen MR) is 118 cm³/mol. The van der Waals surface area contributed by atoms with Crippen LogP contribution in [-0.4, -0.2) is 73.1 Å². The van der Waals surface area contributed by atoms with E-state index in [9.17, 15) is 0 Å². The zero-order chi connectivity index (χ0) is 20.5. The molecule has 0 bridgehead atoms. The van der Waals surface area contributed by atoms with Crippen molar-refractivity contribution in [2.45, 2.75) is 26.4 Å².